The first-order valence-corrected chi connectivity index (χ1v) is 8.93. The van der Waals surface area contributed by atoms with E-state index >= 15 is 0 Å². The van der Waals surface area contributed by atoms with Crippen LogP contribution in [0.3, 0.4) is 0 Å². The fourth-order valence-corrected chi connectivity index (χ4v) is 4.47. The molecule has 3 atom stereocenters. The van der Waals surface area contributed by atoms with Gasteiger partial charge in [-0.2, -0.15) is 18.4 Å². The maximum Gasteiger partial charge on any atom is 0.417 e. The number of rotatable bonds is 3. The monoisotopic (exact) mass is 374 g/mol. The first-order chi connectivity index (χ1) is 11.6. The molecule has 25 heavy (non-hydrogen) atoms. The summed E-state index contributed by atoms with van der Waals surface area (Å²) in [5, 5.41) is 8.72. The lowest BCUT2D eigenvalue weighted by Gasteiger charge is -2.19. The van der Waals surface area contributed by atoms with Gasteiger partial charge in [-0.25, -0.2) is 13.1 Å². The summed E-state index contributed by atoms with van der Waals surface area (Å²) in [6.45, 7) is 0. The van der Waals surface area contributed by atoms with E-state index in [0.29, 0.717) is 25.0 Å². The Labute approximate surface area is 141 Å². The molecule has 10 heteroatoms. The fraction of sp³-hybridized carbons (Fsp3) is 0.467. The first-order valence-electron chi connectivity index (χ1n) is 7.45. The summed E-state index contributed by atoms with van der Waals surface area (Å²) >= 11 is 0. The van der Waals surface area contributed by atoms with Crippen molar-refractivity contribution in [1.82, 2.24) is 4.72 Å². The Balaban J connectivity index is 1.90. The lowest BCUT2D eigenvalue weighted by Crippen LogP contribution is -2.40. The van der Waals surface area contributed by atoms with Crippen LogP contribution in [0, 0.1) is 17.2 Å². The molecule has 1 aromatic carbocycles. The predicted molar refractivity (Wildman–Crippen MR) is 77.5 cm³/mol. The van der Waals surface area contributed by atoms with E-state index in [9.17, 15) is 26.4 Å². The largest absolute Gasteiger partial charge is 0.417 e. The van der Waals surface area contributed by atoms with Crippen LogP contribution in [0.4, 0.5) is 13.2 Å². The molecular formula is C15H13F3N2O4S. The van der Waals surface area contributed by atoms with Crippen molar-refractivity contribution in [3.8, 4) is 6.07 Å². The second kappa shape index (κ2) is 6.00. The molecule has 1 N–H and O–H groups in total. The van der Waals surface area contributed by atoms with Gasteiger partial charge in [0.1, 0.15) is 0 Å². The second-order valence-corrected chi connectivity index (χ2v) is 7.66. The van der Waals surface area contributed by atoms with Crippen molar-refractivity contribution >= 4 is 15.9 Å². The third-order valence-electron chi connectivity index (χ3n) is 4.38. The molecule has 0 aromatic heterocycles. The molecule has 2 fully saturated rings. The molecule has 134 valence electrons. The number of fused-ring (bicyclic) bond motifs is 2. The lowest BCUT2D eigenvalue weighted by molar-refractivity contribution is -0.140. The van der Waals surface area contributed by atoms with Crippen LogP contribution in [0.15, 0.2) is 23.1 Å². The maximum atomic E-state index is 13.1. The second-order valence-electron chi connectivity index (χ2n) is 6.01. The Hall–Kier alpha value is -2.12. The number of nitrogens with one attached hydrogen (secondary N) is 1. The number of ether oxygens (including phenoxy) is 1. The highest BCUT2D eigenvalue weighted by molar-refractivity contribution is 7.90. The molecule has 0 radical (unpaired) electrons. The van der Waals surface area contributed by atoms with Crippen LogP contribution in [-0.4, -0.2) is 26.5 Å². The summed E-state index contributed by atoms with van der Waals surface area (Å²) in [6.07, 6.45) is -3.74. The molecule has 1 amide bonds. The molecule has 1 aromatic rings. The van der Waals surface area contributed by atoms with Gasteiger partial charge in [0.25, 0.3) is 10.0 Å². The van der Waals surface area contributed by atoms with Gasteiger partial charge in [-0.1, -0.05) is 0 Å². The number of benzene rings is 1. The molecule has 0 aliphatic carbocycles. The van der Waals surface area contributed by atoms with E-state index in [-0.39, 0.29) is 11.7 Å². The summed E-state index contributed by atoms with van der Waals surface area (Å²) < 4.78 is 71.3. The number of halogens is 3. The number of nitrogens with zero attached hydrogens (tertiary/aromatic N) is 1. The van der Waals surface area contributed by atoms with Gasteiger partial charge in [0.05, 0.1) is 40.2 Å². The summed E-state index contributed by atoms with van der Waals surface area (Å²) in [6, 6.07) is 3.60. The van der Waals surface area contributed by atoms with Crippen molar-refractivity contribution in [3.63, 3.8) is 0 Å². The van der Waals surface area contributed by atoms with E-state index in [1.54, 1.807) is 4.72 Å². The third-order valence-corrected chi connectivity index (χ3v) is 5.79. The van der Waals surface area contributed by atoms with Crippen molar-refractivity contribution in [2.45, 2.75) is 42.5 Å². The normalized spacial score (nSPS) is 25.6. The number of carbonyl (C=O) groups excluding carboxylic acids is 1. The topological polar surface area (TPSA) is 96.3 Å². The SMILES string of the molecule is N#Cc1ccc(S(=O)(=O)NC(=O)[C@H]2C[C@H]3CC[C@H]2O3)c(C(F)(F)F)c1. The number of carbonyl (C=O) groups is 1. The minimum Gasteiger partial charge on any atom is -0.374 e. The van der Waals surface area contributed by atoms with Gasteiger partial charge in [-0.05, 0) is 37.5 Å². The smallest absolute Gasteiger partial charge is 0.374 e. The summed E-state index contributed by atoms with van der Waals surface area (Å²) in [4.78, 5) is 11.1. The van der Waals surface area contributed by atoms with Crippen molar-refractivity contribution in [2.24, 2.45) is 5.92 Å². The van der Waals surface area contributed by atoms with Crippen LogP contribution in [-0.2, 0) is 25.7 Å². The minimum absolute atomic E-state index is 0.107. The molecule has 2 saturated heterocycles. The molecule has 2 heterocycles. The van der Waals surface area contributed by atoms with Crippen molar-refractivity contribution < 1.29 is 31.1 Å². The van der Waals surface area contributed by atoms with E-state index in [0.717, 1.165) is 12.5 Å². The van der Waals surface area contributed by atoms with Gasteiger partial charge >= 0.3 is 6.18 Å². The number of nitriles is 1. The molecule has 0 spiro atoms. The van der Waals surface area contributed by atoms with Gasteiger partial charge < -0.3 is 4.74 Å². The number of hydrogen-bond acceptors (Lipinski definition) is 5. The van der Waals surface area contributed by atoms with E-state index < -0.39 is 44.6 Å². The molecular weight excluding hydrogens is 361 g/mol. The average Bonchev–Trinajstić information content (AvgIpc) is 3.16. The van der Waals surface area contributed by atoms with Crippen LogP contribution in [0.1, 0.15) is 30.4 Å². The molecule has 0 saturated carbocycles. The summed E-state index contributed by atoms with van der Waals surface area (Å²) in [7, 11) is -4.74. The van der Waals surface area contributed by atoms with Crippen LogP contribution >= 0.6 is 0 Å². The zero-order valence-corrected chi connectivity index (χ0v) is 13.5. The Kier molecular flexibility index (Phi) is 4.25. The predicted octanol–water partition coefficient (Wildman–Crippen LogP) is 1.95. The van der Waals surface area contributed by atoms with Gasteiger partial charge in [0.2, 0.25) is 5.91 Å². The molecule has 6 nitrogen and oxygen atoms in total. The van der Waals surface area contributed by atoms with Gasteiger partial charge in [-0.15, -0.1) is 0 Å². The van der Waals surface area contributed by atoms with E-state index in [1.807, 2.05) is 0 Å². The fourth-order valence-electron chi connectivity index (χ4n) is 3.23. The van der Waals surface area contributed by atoms with E-state index in [4.69, 9.17) is 10.00 Å². The molecule has 2 aliphatic heterocycles. The maximum absolute atomic E-state index is 13.1. The molecule has 3 rings (SSSR count). The number of sulfonamides is 1. The standard InChI is InChI=1S/C15H13F3N2O4S/c16-15(17,18)11-5-8(7-19)1-4-13(11)25(22,23)20-14(21)10-6-9-2-3-12(10)24-9/h1,4-5,9-10,12H,2-3,6H2,(H,20,21)/t9-,10+,12-/m1/s1. The Morgan fingerprint density at radius 3 is 2.56 bits per heavy atom. The van der Waals surface area contributed by atoms with Crippen molar-refractivity contribution in [1.29, 1.82) is 5.26 Å². The zero-order valence-electron chi connectivity index (χ0n) is 12.7. The molecule has 2 aliphatic rings. The van der Waals surface area contributed by atoms with E-state index in [2.05, 4.69) is 0 Å². The zero-order chi connectivity index (χ0) is 18.4. The minimum atomic E-state index is -4.99. The third kappa shape index (κ3) is 3.34. The van der Waals surface area contributed by atoms with Crippen LogP contribution in [0.5, 0.6) is 0 Å². The van der Waals surface area contributed by atoms with E-state index in [1.165, 1.54) is 6.07 Å². The van der Waals surface area contributed by atoms with Gasteiger partial charge in [0.15, 0.2) is 0 Å². The van der Waals surface area contributed by atoms with Crippen LogP contribution in [0.25, 0.3) is 0 Å². The van der Waals surface area contributed by atoms with Gasteiger partial charge in [0, 0.05) is 0 Å². The lowest BCUT2D eigenvalue weighted by atomic mass is 9.89. The highest BCUT2D eigenvalue weighted by Gasteiger charge is 2.46. The summed E-state index contributed by atoms with van der Waals surface area (Å²) in [5.41, 5.74) is -1.82. The number of hydrogen-bond donors (Lipinski definition) is 1. The first kappa shape index (κ1) is 17.7. The molecule has 2 bridgehead atoms. The van der Waals surface area contributed by atoms with Gasteiger partial charge in [-0.3, -0.25) is 4.79 Å². The molecule has 0 unspecified atom stereocenters. The Morgan fingerprint density at radius 1 is 1.32 bits per heavy atom. The van der Waals surface area contributed by atoms with Crippen LogP contribution < -0.4 is 4.72 Å². The van der Waals surface area contributed by atoms with Crippen molar-refractivity contribution in [3.05, 3.63) is 29.3 Å². The Bertz CT molecular complexity index is 861. The summed E-state index contributed by atoms with van der Waals surface area (Å²) in [5.74, 6) is -1.56. The quantitative estimate of drug-likeness (QED) is 0.872. The van der Waals surface area contributed by atoms with Crippen molar-refractivity contribution in [2.75, 3.05) is 0 Å². The van der Waals surface area contributed by atoms with Crippen LogP contribution in [0.2, 0.25) is 0 Å². The number of alkyl halides is 3. The average molecular weight is 374 g/mol. The number of amides is 1. The highest BCUT2D eigenvalue weighted by Crippen LogP contribution is 2.39. The Morgan fingerprint density at radius 2 is 2.04 bits per heavy atom. The highest BCUT2D eigenvalue weighted by atomic mass is 32.2.